The van der Waals surface area contributed by atoms with Gasteiger partial charge in [0.05, 0.1) is 29.2 Å². The number of rotatable bonds is 10. The van der Waals surface area contributed by atoms with Gasteiger partial charge in [-0.1, -0.05) is 25.1 Å². The number of fused-ring (bicyclic) bond motifs is 1. The molecule has 2 aromatic carbocycles. The molecular formula is C26H35F2N3O4S. The van der Waals surface area contributed by atoms with Gasteiger partial charge < -0.3 is 21.1 Å². The van der Waals surface area contributed by atoms with Crippen LogP contribution in [0.3, 0.4) is 0 Å². The van der Waals surface area contributed by atoms with Crippen molar-refractivity contribution in [2.45, 2.75) is 63.1 Å². The van der Waals surface area contributed by atoms with Crippen molar-refractivity contribution in [3.63, 3.8) is 0 Å². The molecule has 0 unspecified atom stereocenters. The van der Waals surface area contributed by atoms with Crippen LogP contribution in [0.5, 0.6) is 0 Å². The van der Waals surface area contributed by atoms with E-state index in [2.05, 4.69) is 16.0 Å². The third-order valence-corrected chi connectivity index (χ3v) is 8.31. The Morgan fingerprint density at radius 3 is 2.42 bits per heavy atom. The number of amides is 1. The van der Waals surface area contributed by atoms with Gasteiger partial charge in [-0.2, -0.15) is 0 Å². The summed E-state index contributed by atoms with van der Waals surface area (Å²) in [5.74, 6) is -2.05. The molecule has 1 amide bonds. The first-order valence-electron chi connectivity index (χ1n) is 12.0. The van der Waals surface area contributed by atoms with E-state index in [0.717, 1.165) is 41.3 Å². The zero-order valence-electron chi connectivity index (χ0n) is 21.1. The van der Waals surface area contributed by atoms with E-state index in [-0.39, 0.29) is 30.0 Å². The second kappa shape index (κ2) is 11.3. The molecule has 0 bridgehead atoms. The first-order chi connectivity index (χ1) is 16.8. The number of hydrogen-bond acceptors (Lipinski definition) is 6. The zero-order valence-corrected chi connectivity index (χ0v) is 21.9. The number of likely N-dealkylation sites (N-methyl/N-ethyl adjacent to an activating group) is 1. The molecule has 2 aromatic rings. The van der Waals surface area contributed by atoms with Gasteiger partial charge in [-0.15, -0.1) is 0 Å². The summed E-state index contributed by atoms with van der Waals surface area (Å²) in [6.45, 7) is 5.31. The number of carbonyl (C=O) groups is 1. The highest BCUT2D eigenvalue weighted by molar-refractivity contribution is 7.90. The van der Waals surface area contributed by atoms with E-state index in [4.69, 9.17) is 0 Å². The summed E-state index contributed by atoms with van der Waals surface area (Å²) in [4.78, 5) is 12.8. The van der Waals surface area contributed by atoms with Gasteiger partial charge in [0.2, 0.25) is 5.91 Å². The van der Waals surface area contributed by atoms with Crippen molar-refractivity contribution >= 4 is 15.7 Å². The summed E-state index contributed by atoms with van der Waals surface area (Å²) in [6, 6.07) is 7.38. The minimum absolute atomic E-state index is 0.0252. The third-order valence-electron chi connectivity index (χ3n) is 6.71. The van der Waals surface area contributed by atoms with Crippen molar-refractivity contribution in [1.82, 2.24) is 16.0 Å². The van der Waals surface area contributed by atoms with Crippen molar-refractivity contribution in [2.24, 2.45) is 0 Å². The fraction of sp³-hybridized carbons (Fsp3) is 0.500. The predicted molar refractivity (Wildman–Crippen MR) is 135 cm³/mol. The van der Waals surface area contributed by atoms with Crippen molar-refractivity contribution in [3.8, 4) is 0 Å². The highest BCUT2D eigenvalue weighted by Crippen LogP contribution is 2.29. The summed E-state index contributed by atoms with van der Waals surface area (Å²) in [6.07, 6.45) is -0.396. The Morgan fingerprint density at radius 1 is 1.14 bits per heavy atom. The third kappa shape index (κ3) is 7.09. The molecule has 7 nitrogen and oxygen atoms in total. The number of benzene rings is 2. The fourth-order valence-corrected chi connectivity index (χ4v) is 5.92. The minimum Gasteiger partial charge on any atom is -0.390 e. The number of carbonyl (C=O) groups excluding carboxylic acids is 1. The summed E-state index contributed by atoms with van der Waals surface area (Å²) >= 11 is 0. The molecule has 0 aromatic heterocycles. The van der Waals surface area contributed by atoms with Gasteiger partial charge in [-0.25, -0.2) is 17.2 Å². The summed E-state index contributed by atoms with van der Waals surface area (Å²) in [5, 5.41) is 19.9. The molecule has 36 heavy (non-hydrogen) atoms. The zero-order chi connectivity index (χ0) is 26.7. The van der Waals surface area contributed by atoms with Crippen molar-refractivity contribution in [1.29, 1.82) is 0 Å². The Hall–Kier alpha value is -2.40. The predicted octanol–water partition coefficient (Wildman–Crippen LogP) is 2.17. The molecule has 0 saturated carbocycles. The first kappa shape index (κ1) is 28.2. The molecule has 3 rings (SSSR count). The maximum Gasteiger partial charge on any atom is 0.240 e. The molecule has 1 heterocycles. The SMILES string of the molecule is CCc1ccc2c(c1)[C@@H](NC[C@@H](O)[C@H](Cc1cc(F)cc(F)c1)NC(=O)C(C)(C)NC)CS(=O)(=O)C2. The normalized spacial score (nSPS) is 18.8. The Balaban J connectivity index is 1.82. The van der Waals surface area contributed by atoms with Gasteiger partial charge in [0.25, 0.3) is 0 Å². The van der Waals surface area contributed by atoms with Crippen LogP contribution in [0.25, 0.3) is 0 Å². The molecule has 1 aliphatic rings. The van der Waals surface area contributed by atoms with Crippen LogP contribution >= 0.6 is 0 Å². The van der Waals surface area contributed by atoms with Crippen LogP contribution in [0.15, 0.2) is 36.4 Å². The van der Waals surface area contributed by atoms with E-state index in [9.17, 15) is 27.1 Å². The standard InChI is InChI=1S/C26H35F2N3O4S/c1-5-16-6-7-18-14-36(34,35)15-23(21(18)10-16)30-13-24(32)22(31-25(33)26(2,3)29-4)11-17-8-19(27)12-20(28)9-17/h6-10,12,22-24,29-30,32H,5,11,13-15H2,1-4H3,(H,31,33)/t22-,23-,24+/m0/s1. The Labute approximate surface area is 211 Å². The van der Waals surface area contributed by atoms with E-state index in [1.807, 2.05) is 25.1 Å². The van der Waals surface area contributed by atoms with Gasteiger partial charge >= 0.3 is 0 Å². The quantitative estimate of drug-likeness (QED) is 0.380. The Morgan fingerprint density at radius 2 is 1.81 bits per heavy atom. The maximum atomic E-state index is 13.8. The lowest BCUT2D eigenvalue weighted by molar-refractivity contribution is -0.127. The minimum atomic E-state index is -3.34. The molecule has 10 heteroatoms. The number of hydrogen-bond donors (Lipinski definition) is 4. The van der Waals surface area contributed by atoms with E-state index in [0.29, 0.717) is 0 Å². The van der Waals surface area contributed by atoms with E-state index in [1.54, 1.807) is 20.9 Å². The number of nitrogens with one attached hydrogen (secondary N) is 3. The average Bonchev–Trinajstić information content (AvgIpc) is 2.80. The number of sulfone groups is 1. The van der Waals surface area contributed by atoms with Crippen molar-refractivity contribution < 1.29 is 27.1 Å². The van der Waals surface area contributed by atoms with Gasteiger partial charge in [0.1, 0.15) is 11.6 Å². The van der Waals surface area contributed by atoms with Crippen molar-refractivity contribution in [2.75, 3.05) is 19.3 Å². The summed E-state index contributed by atoms with van der Waals surface area (Å²) in [7, 11) is -1.71. The van der Waals surface area contributed by atoms with Crippen LogP contribution in [-0.4, -0.2) is 56.5 Å². The number of halogens is 2. The monoisotopic (exact) mass is 523 g/mol. The number of aryl methyl sites for hydroxylation is 1. The lowest BCUT2D eigenvalue weighted by Gasteiger charge is -2.32. The van der Waals surface area contributed by atoms with Crippen LogP contribution in [0.2, 0.25) is 0 Å². The average molecular weight is 524 g/mol. The highest BCUT2D eigenvalue weighted by Gasteiger charge is 2.33. The van der Waals surface area contributed by atoms with Crippen LogP contribution < -0.4 is 16.0 Å². The second-order valence-electron chi connectivity index (χ2n) is 9.91. The van der Waals surface area contributed by atoms with Crippen LogP contribution in [0, 0.1) is 11.6 Å². The number of aliphatic hydroxyl groups is 1. The number of aliphatic hydroxyl groups excluding tert-OH is 1. The molecule has 1 aliphatic heterocycles. The topological polar surface area (TPSA) is 108 Å². The molecule has 198 valence electrons. The molecule has 0 radical (unpaired) electrons. The van der Waals surface area contributed by atoms with E-state index >= 15 is 0 Å². The molecular weight excluding hydrogens is 488 g/mol. The Kier molecular flexibility index (Phi) is 8.87. The lowest BCUT2D eigenvalue weighted by atomic mass is 9.96. The first-order valence-corrected chi connectivity index (χ1v) is 13.8. The van der Waals surface area contributed by atoms with Gasteiger partial charge in [0.15, 0.2) is 9.84 Å². The highest BCUT2D eigenvalue weighted by atomic mass is 32.2. The van der Waals surface area contributed by atoms with E-state index < -0.39 is 51.1 Å². The Bertz CT molecular complexity index is 1180. The molecule has 0 fully saturated rings. The molecule has 0 saturated heterocycles. The van der Waals surface area contributed by atoms with Gasteiger partial charge in [-0.3, -0.25) is 4.79 Å². The van der Waals surface area contributed by atoms with Crippen LogP contribution in [0.4, 0.5) is 8.78 Å². The molecule has 0 spiro atoms. The lowest BCUT2D eigenvalue weighted by Crippen LogP contribution is -2.57. The summed E-state index contributed by atoms with van der Waals surface area (Å²) < 4.78 is 52.6. The fourth-order valence-electron chi connectivity index (χ4n) is 4.26. The van der Waals surface area contributed by atoms with Crippen molar-refractivity contribution in [3.05, 3.63) is 70.3 Å². The second-order valence-corrected chi connectivity index (χ2v) is 12.0. The smallest absolute Gasteiger partial charge is 0.240 e. The largest absolute Gasteiger partial charge is 0.390 e. The van der Waals surface area contributed by atoms with Crippen LogP contribution in [0.1, 0.15) is 49.1 Å². The molecule has 4 N–H and O–H groups in total. The van der Waals surface area contributed by atoms with Gasteiger partial charge in [0, 0.05) is 18.7 Å². The molecule has 0 aliphatic carbocycles. The maximum absolute atomic E-state index is 13.8. The van der Waals surface area contributed by atoms with E-state index in [1.165, 1.54) is 0 Å². The van der Waals surface area contributed by atoms with Crippen LogP contribution in [-0.2, 0) is 33.2 Å². The molecule has 3 atom stereocenters. The van der Waals surface area contributed by atoms with Gasteiger partial charge in [-0.05, 0) is 68.1 Å². The summed E-state index contributed by atoms with van der Waals surface area (Å²) in [5.41, 5.74) is 2.00.